The molecule has 1 aliphatic carbocycles. The molecule has 39 heavy (non-hydrogen) atoms. The SMILES string of the molecule is Cn1ncc2c(N)nc3cc(Cl)c(C(=O)N(Cc4cc(Cl)c(C#Cc5cccnc5F)cn4)C4CC4)cc3c21. The Morgan fingerprint density at radius 2 is 1.92 bits per heavy atom. The number of nitrogens with two attached hydrogens (primary N) is 1. The van der Waals surface area contributed by atoms with Crippen LogP contribution in [0.15, 0.2) is 48.9 Å². The molecular weight excluding hydrogens is 540 g/mol. The smallest absolute Gasteiger partial charge is 0.255 e. The predicted molar refractivity (Wildman–Crippen MR) is 148 cm³/mol. The van der Waals surface area contributed by atoms with Gasteiger partial charge in [0.05, 0.1) is 61.6 Å². The van der Waals surface area contributed by atoms with Crippen molar-refractivity contribution < 1.29 is 9.18 Å². The minimum absolute atomic E-state index is 0.0686. The number of halogens is 3. The van der Waals surface area contributed by atoms with Crippen LogP contribution in [-0.4, -0.2) is 41.6 Å². The molecule has 6 rings (SSSR count). The van der Waals surface area contributed by atoms with Gasteiger partial charge >= 0.3 is 0 Å². The normalized spacial score (nSPS) is 12.9. The lowest BCUT2D eigenvalue weighted by Gasteiger charge is -2.23. The van der Waals surface area contributed by atoms with Crippen LogP contribution in [0.4, 0.5) is 10.2 Å². The molecule has 1 aromatic carbocycles. The first-order valence-corrected chi connectivity index (χ1v) is 12.8. The van der Waals surface area contributed by atoms with Crippen LogP contribution in [-0.2, 0) is 13.6 Å². The third-order valence-corrected chi connectivity index (χ3v) is 7.23. The Morgan fingerprint density at radius 3 is 2.67 bits per heavy atom. The number of aromatic nitrogens is 5. The van der Waals surface area contributed by atoms with Gasteiger partial charge in [0.2, 0.25) is 5.95 Å². The van der Waals surface area contributed by atoms with Crippen LogP contribution in [0, 0.1) is 17.8 Å². The van der Waals surface area contributed by atoms with Gasteiger partial charge in [-0.3, -0.25) is 14.5 Å². The molecule has 4 aromatic heterocycles. The van der Waals surface area contributed by atoms with Crippen molar-refractivity contribution in [1.29, 1.82) is 0 Å². The van der Waals surface area contributed by atoms with E-state index in [-0.39, 0.29) is 29.1 Å². The average molecular weight is 560 g/mol. The fraction of sp³-hybridized carbons (Fsp3) is 0.179. The summed E-state index contributed by atoms with van der Waals surface area (Å²) >= 11 is 13.1. The van der Waals surface area contributed by atoms with Crippen LogP contribution in [0.2, 0.25) is 10.0 Å². The van der Waals surface area contributed by atoms with Gasteiger partial charge in [0, 0.05) is 30.9 Å². The van der Waals surface area contributed by atoms with E-state index >= 15 is 0 Å². The van der Waals surface area contributed by atoms with Crippen LogP contribution in [0.25, 0.3) is 21.8 Å². The third kappa shape index (κ3) is 4.73. The molecule has 0 spiro atoms. The molecule has 0 unspecified atom stereocenters. The first-order chi connectivity index (χ1) is 18.8. The number of nitrogen functional groups attached to an aromatic ring is 1. The minimum Gasteiger partial charge on any atom is -0.383 e. The zero-order chi connectivity index (χ0) is 27.3. The lowest BCUT2D eigenvalue weighted by molar-refractivity contribution is 0.0728. The molecule has 194 valence electrons. The maximum atomic E-state index is 13.8. The van der Waals surface area contributed by atoms with Gasteiger partial charge in [0.25, 0.3) is 5.91 Å². The zero-order valence-corrected chi connectivity index (χ0v) is 22.1. The van der Waals surface area contributed by atoms with Crippen molar-refractivity contribution in [3.63, 3.8) is 0 Å². The van der Waals surface area contributed by atoms with Crippen LogP contribution in [0.3, 0.4) is 0 Å². The first-order valence-electron chi connectivity index (χ1n) is 12.1. The largest absolute Gasteiger partial charge is 0.383 e. The molecule has 1 fully saturated rings. The summed E-state index contributed by atoms with van der Waals surface area (Å²) in [7, 11) is 1.81. The zero-order valence-electron chi connectivity index (χ0n) is 20.6. The van der Waals surface area contributed by atoms with Gasteiger partial charge < -0.3 is 10.6 Å². The van der Waals surface area contributed by atoms with Crippen molar-refractivity contribution in [2.45, 2.75) is 25.4 Å². The Bertz CT molecular complexity index is 1860. The van der Waals surface area contributed by atoms with E-state index < -0.39 is 5.95 Å². The van der Waals surface area contributed by atoms with E-state index in [0.29, 0.717) is 38.6 Å². The number of carbonyl (C=O) groups excluding carboxylic acids is 1. The van der Waals surface area contributed by atoms with Gasteiger partial charge in [-0.15, -0.1) is 0 Å². The number of amides is 1. The lowest BCUT2D eigenvalue weighted by Crippen LogP contribution is -2.33. The van der Waals surface area contributed by atoms with E-state index in [1.807, 2.05) is 7.05 Å². The van der Waals surface area contributed by atoms with Crippen LogP contribution in [0.1, 0.15) is 40.0 Å². The third-order valence-electron chi connectivity index (χ3n) is 6.61. The van der Waals surface area contributed by atoms with Crippen LogP contribution in [0.5, 0.6) is 0 Å². The molecule has 8 nitrogen and oxygen atoms in total. The molecule has 1 saturated carbocycles. The number of hydrogen-bond acceptors (Lipinski definition) is 6. The number of benzene rings is 1. The summed E-state index contributed by atoms with van der Waals surface area (Å²) in [6.45, 7) is 0.240. The molecule has 0 aliphatic heterocycles. The molecule has 2 N–H and O–H groups in total. The number of nitrogens with zero attached hydrogens (tertiary/aromatic N) is 6. The van der Waals surface area contributed by atoms with Gasteiger partial charge in [0.1, 0.15) is 5.82 Å². The van der Waals surface area contributed by atoms with Gasteiger partial charge in [-0.25, -0.2) is 9.97 Å². The highest BCUT2D eigenvalue weighted by atomic mass is 35.5. The summed E-state index contributed by atoms with van der Waals surface area (Å²) in [5, 5.41) is 6.37. The van der Waals surface area contributed by atoms with E-state index in [0.717, 1.165) is 23.7 Å². The van der Waals surface area contributed by atoms with Crippen molar-refractivity contribution >= 4 is 56.7 Å². The summed E-state index contributed by atoms with van der Waals surface area (Å²) in [4.78, 5) is 28.1. The molecular formula is C28H20Cl2FN7O. The molecule has 0 bridgehead atoms. The lowest BCUT2D eigenvalue weighted by atomic mass is 10.1. The quantitative estimate of drug-likeness (QED) is 0.241. The Labute approximate surface area is 232 Å². The Kier molecular flexibility index (Phi) is 6.29. The van der Waals surface area contributed by atoms with E-state index in [1.54, 1.807) is 40.0 Å². The second-order valence-corrected chi connectivity index (χ2v) is 10.1. The average Bonchev–Trinajstić information content (AvgIpc) is 3.68. The van der Waals surface area contributed by atoms with Crippen LogP contribution < -0.4 is 5.73 Å². The van der Waals surface area contributed by atoms with E-state index in [4.69, 9.17) is 28.9 Å². The fourth-order valence-electron chi connectivity index (χ4n) is 4.49. The monoisotopic (exact) mass is 559 g/mol. The molecule has 0 atom stereocenters. The maximum absolute atomic E-state index is 13.8. The predicted octanol–water partition coefficient (Wildman–Crippen LogP) is 5.14. The first kappa shape index (κ1) is 25.0. The molecule has 4 heterocycles. The number of hydrogen-bond donors (Lipinski definition) is 1. The number of pyridine rings is 3. The molecule has 0 radical (unpaired) electrons. The topological polar surface area (TPSA) is 103 Å². The summed E-state index contributed by atoms with van der Waals surface area (Å²) < 4.78 is 15.5. The van der Waals surface area contributed by atoms with Gasteiger partial charge in [0.15, 0.2) is 0 Å². The highest BCUT2D eigenvalue weighted by Crippen LogP contribution is 2.35. The standard InChI is InChI=1S/C28H20Cl2FN7O/c1-37-25-20-10-19(23(30)11-24(20)36-27(32)21(25)13-35-37)28(39)38(18-6-7-18)14-17-9-22(29)16(12-34-17)5-4-15-3-2-8-33-26(15)31/h2-3,8-13,18H,6-7,14H2,1H3,(H2,32,36). The maximum Gasteiger partial charge on any atom is 0.255 e. The highest BCUT2D eigenvalue weighted by Gasteiger charge is 2.34. The van der Waals surface area contributed by atoms with Crippen molar-refractivity contribution in [2.24, 2.45) is 7.05 Å². The van der Waals surface area contributed by atoms with Crippen molar-refractivity contribution in [3.05, 3.63) is 87.3 Å². The molecule has 1 amide bonds. The van der Waals surface area contributed by atoms with E-state index in [1.165, 1.54) is 18.5 Å². The van der Waals surface area contributed by atoms with E-state index in [2.05, 4.69) is 31.9 Å². The van der Waals surface area contributed by atoms with Crippen molar-refractivity contribution in [2.75, 3.05) is 5.73 Å². The molecule has 0 saturated heterocycles. The number of carbonyl (C=O) groups is 1. The molecule has 5 aromatic rings. The highest BCUT2D eigenvalue weighted by molar-refractivity contribution is 6.35. The van der Waals surface area contributed by atoms with E-state index in [9.17, 15) is 9.18 Å². The molecule has 1 aliphatic rings. The number of anilines is 1. The summed E-state index contributed by atoms with van der Waals surface area (Å²) in [5.41, 5.74) is 9.03. The summed E-state index contributed by atoms with van der Waals surface area (Å²) in [6, 6.07) is 8.29. The second kappa shape index (κ2) is 9.80. The Hall–Kier alpha value is -4.26. The Morgan fingerprint density at radius 1 is 1.13 bits per heavy atom. The number of rotatable bonds is 4. The Balaban J connectivity index is 1.31. The number of fused-ring (bicyclic) bond motifs is 3. The summed E-state index contributed by atoms with van der Waals surface area (Å²) in [5.74, 6) is 5.04. The van der Waals surface area contributed by atoms with Crippen LogP contribution >= 0.6 is 23.2 Å². The minimum atomic E-state index is -0.653. The van der Waals surface area contributed by atoms with Gasteiger partial charge in [-0.2, -0.15) is 9.49 Å². The fourth-order valence-corrected chi connectivity index (χ4v) is 4.95. The van der Waals surface area contributed by atoms with Crippen molar-refractivity contribution in [1.82, 2.24) is 29.6 Å². The summed E-state index contributed by atoms with van der Waals surface area (Å²) in [6.07, 6.45) is 6.30. The number of aryl methyl sites for hydroxylation is 1. The second-order valence-electron chi connectivity index (χ2n) is 9.29. The molecule has 11 heteroatoms. The van der Waals surface area contributed by atoms with Gasteiger partial charge in [-0.1, -0.05) is 35.0 Å². The van der Waals surface area contributed by atoms with Crippen molar-refractivity contribution in [3.8, 4) is 11.8 Å². The van der Waals surface area contributed by atoms with Gasteiger partial charge in [-0.05, 0) is 43.2 Å².